The topological polar surface area (TPSA) is 91.0 Å². The van der Waals surface area contributed by atoms with E-state index in [1.54, 1.807) is 29.2 Å². The number of hydrogen-bond acceptors (Lipinski definition) is 6. The van der Waals surface area contributed by atoms with Crippen LogP contribution in [-0.2, 0) is 14.3 Å². The highest BCUT2D eigenvalue weighted by atomic mass is 79.9. The molecule has 0 radical (unpaired) electrons. The number of rotatable bonds is 5. The molecule has 2 aliphatic heterocycles. The van der Waals surface area contributed by atoms with Gasteiger partial charge in [0.05, 0.1) is 21.0 Å². The molecule has 3 amide bonds. The van der Waals surface area contributed by atoms with E-state index in [-0.39, 0.29) is 24.3 Å². The van der Waals surface area contributed by atoms with Gasteiger partial charge in [0.15, 0.2) is 0 Å². The Balaban J connectivity index is 1.51. The predicted molar refractivity (Wildman–Crippen MR) is 130 cm³/mol. The lowest BCUT2D eigenvalue weighted by Crippen LogP contribution is -2.58. The van der Waals surface area contributed by atoms with Gasteiger partial charge in [0.2, 0.25) is 0 Å². The molecule has 1 aromatic heterocycles. The van der Waals surface area contributed by atoms with E-state index in [2.05, 4.69) is 42.5 Å². The zero-order chi connectivity index (χ0) is 22.9. The molecule has 0 bridgehead atoms. The second-order valence-electron chi connectivity index (χ2n) is 7.85. The molecule has 2 fully saturated rings. The summed E-state index contributed by atoms with van der Waals surface area (Å²) in [5.74, 6) is -0.647. The Morgan fingerprint density at radius 3 is 2.62 bits per heavy atom. The van der Waals surface area contributed by atoms with Crippen LogP contribution in [0.1, 0.15) is 16.1 Å². The van der Waals surface area contributed by atoms with Crippen molar-refractivity contribution in [1.29, 1.82) is 0 Å². The van der Waals surface area contributed by atoms with Crippen LogP contribution in [0.3, 0.4) is 0 Å². The van der Waals surface area contributed by atoms with Crippen molar-refractivity contribution in [3.05, 3.63) is 43.5 Å². The number of likely N-dealkylation sites (tertiary alicyclic amines) is 1. The molecule has 0 spiro atoms. The van der Waals surface area contributed by atoms with E-state index >= 15 is 0 Å². The number of likely N-dealkylation sites (N-methyl/N-ethyl adjacent to an activating group) is 1. The van der Waals surface area contributed by atoms with E-state index in [0.717, 1.165) is 9.47 Å². The minimum absolute atomic E-state index is 0.0570. The van der Waals surface area contributed by atoms with Crippen LogP contribution < -0.4 is 15.5 Å². The second-order valence-corrected chi connectivity index (χ2v) is 11.2. The largest absolute Gasteiger partial charge is 0.370 e. The van der Waals surface area contributed by atoms with E-state index in [1.165, 1.54) is 11.3 Å². The first-order valence-electron chi connectivity index (χ1n) is 10.0. The molecule has 8 nitrogen and oxygen atoms in total. The highest BCUT2D eigenvalue weighted by Gasteiger charge is 2.45. The molecule has 4 rings (SSSR count). The van der Waals surface area contributed by atoms with Crippen molar-refractivity contribution in [2.45, 2.75) is 12.0 Å². The third-order valence-electron chi connectivity index (χ3n) is 5.53. The fraction of sp³-hybridized carbons (Fsp3) is 0.381. The molecule has 1 atom stereocenters. The lowest BCUT2D eigenvalue weighted by Gasteiger charge is -2.30. The maximum Gasteiger partial charge on any atom is 0.262 e. The average molecular weight is 586 g/mol. The number of nitrogens with one attached hydrogen (secondary N) is 2. The first-order chi connectivity index (χ1) is 15.3. The van der Waals surface area contributed by atoms with Gasteiger partial charge >= 0.3 is 0 Å². The molecule has 0 aliphatic carbocycles. The molecule has 1 unspecified atom stereocenters. The SMILES string of the molecule is CN1CCC(NC(=O)c2ccc(Br)s2)(C(=O)Nc2ccc(N3CCOCC3=O)c(Br)c2)C1. The number of halogens is 2. The third kappa shape index (κ3) is 4.91. The molecular weight excluding hydrogens is 564 g/mol. The number of hydrogen-bond donors (Lipinski definition) is 2. The van der Waals surface area contributed by atoms with Crippen molar-refractivity contribution in [2.75, 3.05) is 50.1 Å². The number of benzene rings is 1. The molecule has 3 heterocycles. The number of carbonyl (C=O) groups excluding carboxylic acids is 3. The Hall–Kier alpha value is -1.79. The van der Waals surface area contributed by atoms with Crippen molar-refractivity contribution in [3.8, 4) is 0 Å². The number of nitrogens with zero attached hydrogens (tertiary/aromatic N) is 2. The Morgan fingerprint density at radius 1 is 1.19 bits per heavy atom. The maximum absolute atomic E-state index is 13.3. The average Bonchev–Trinajstić information content (AvgIpc) is 3.35. The van der Waals surface area contributed by atoms with Crippen LogP contribution in [0.4, 0.5) is 11.4 Å². The summed E-state index contributed by atoms with van der Waals surface area (Å²) in [6.07, 6.45) is 0.509. The predicted octanol–water partition coefficient (Wildman–Crippen LogP) is 3.08. The lowest BCUT2D eigenvalue weighted by atomic mass is 9.96. The molecular formula is C21H22Br2N4O4S. The molecule has 1 aromatic carbocycles. The van der Waals surface area contributed by atoms with Gasteiger partial charge in [0.1, 0.15) is 12.1 Å². The Labute approximate surface area is 206 Å². The maximum atomic E-state index is 13.3. The van der Waals surface area contributed by atoms with Gasteiger partial charge in [-0.1, -0.05) is 0 Å². The van der Waals surface area contributed by atoms with E-state index in [0.29, 0.717) is 47.7 Å². The van der Waals surface area contributed by atoms with Crippen LogP contribution in [0.25, 0.3) is 0 Å². The minimum Gasteiger partial charge on any atom is -0.370 e. The molecule has 2 N–H and O–H groups in total. The lowest BCUT2D eigenvalue weighted by molar-refractivity contribution is -0.125. The molecule has 11 heteroatoms. The van der Waals surface area contributed by atoms with Crippen molar-refractivity contribution >= 4 is 72.3 Å². The van der Waals surface area contributed by atoms with Crippen LogP contribution in [0, 0.1) is 0 Å². The van der Waals surface area contributed by atoms with Crippen LogP contribution in [0.15, 0.2) is 38.6 Å². The summed E-state index contributed by atoms with van der Waals surface area (Å²) in [5, 5.41) is 5.92. The standard InChI is InChI=1S/C21H22Br2N4O4S/c1-26-7-6-21(12-26,25-19(29)16-4-5-17(23)32-16)20(30)24-13-2-3-15(14(22)10-13)27-8-9-31-11-18(27)28/h2-5,10H,6-9,11-12H2,1H3,(H,24,30)(H,25,29). The van der Waals surface area contributed by atoms with Gasteiger partial charge < -0.3 is 25.2 Å². The third-order valence-corrected chi connectivity index (χ3v) is 7.78. The van der Waals surface area contributed by atoms with Crippen LogP contribution >= 0.6 is 43.2 Å². The smallest absolute Gasteiger partial charge is 0.262 e. The van der Waals surface area contributed by atoms with E-state index in [9.17, 15) is 14.4 Å². The number of morpholine rings is 1. The van der Waals surface area contributed by atoms with Gasteiger partial charge in [0, 0.05) is 29.8 Å². The van der Waals surface area contributed by atoms with Crippen LogP contribution in [0.2, 0.25) is 0 Å². The van der Waals surface area contributed by atoms with Crippen LogP contribution in [0.5, 0.6) is 0 Å². The second kappa shape index (κ2) is 9.60. The molecule has 2 aromatic rings. The normalized spacial score (nSPS) is 21.6. The van der Waals surface area contributed by atoms with Crippen molar-refractivity contribution in [2.24, 2.45) is 0 Å². The van der Waals surface area contributed by atoms with Gasteiger partial charge in [-0.3, -0.25) is 14.4 Å². The number of thiophene rings is 1. The molecule has 2 saturated heterocycles. The monoisotopic (exact) mass is 584 g/mol. The zero-order valence-corrected chi connectivity index (χ0v) is 21.3. The van der Waals surface area contributed by atoms with Gasteiger partial charge in [-0.25, -0.2) is 0 Å². The summed E-state index contributed by atoms with van der Waals surface area (Å²) in [4.78, 5) is 42.5. The van der Waals surface area contributed by atoms with E-state index in [4.69, 9.17) is 4.74 Å². The summed E-state index contributed by atoms with van der Waals surface area (Å²) >= 11 is 8.21. The number of ether oxygens (including phenoxy) is 1. The van der Waals surface area contributed by atoms with E-state index in [1.807, 2.05) is 18.0 Å². The molecule has 2 aliphatic rings. The summed E-state index contributed by atoms with van der Waals surface area (Å²) in [6, 6.07) is 8.85. The Morgan fingerprint density at radius 2 is 2.00 bits per heavy atom. The fourth-order valence-electron chi connectivity index (χ4n) is 3.89. The Kier molecular flexibility index (Phi) is 7.01. The van der Waals surface area contributed by atoms with Crippen molar-refractivity contribution < 1.29 is 19.1 Å². The summed E-state index contributed by atoms with van der Waals surface area (Å²) in [5.41, 5.74) is 0.268. The number of amides is 3. The van der Waals surface area contributed by atoms with Gasteiger partial charge in [-0.05, 0) is 75.7 Å². The number of carbonyl (C=O) groups is 3. The van der Waals surface area contributed by atoms with Gasteiger partial charge in [-0.15, -0.1) is 11.3 Å². The van der Waals surface area contributed by atoms with Crippen molar-refractivity contribution in [1.82, 2.24) is 10.2 Å². The summed E-state index contributed by atoms with van der Waals surface area (Å²) in [6.45, 7) is 2.13. The summed E-state index contributed by atoms with van der Waals surface area (Å²) < 4.78 is 6.73. The fourth-order valence-corrected chi connectivity index (χ4v) is 5.76. The molecule has 32 heavy (non-hydrogen) atoms. The first-order valence-corrected chi connectivity index (χ1v) is 12.4. The highest BCUT2D eigenvalue weighted by Crippen LogP contribution is 2.31. The molecule has 170 valence electrons. The highest BCUT2D eigenvalue weighted by molar-refractivity contribution is 9.11. The van der Waals surface area contributed by atoms with Gasteiger partial charge in [-0.2, -0.15) is 0 Å². The van der Waals surface area contributed by atoms with Crippen LogP contribution in [-0.4, -0.2) is 68.1 Å². The minimum atomic E-state index is -1.03. The summed E-state index contributed by atoms with van der Waals surface area (Å²) in [7, 11) is 1.92. The quantitative estimate of drug-likeness (QED) is 0.563. The molecule has 0 saturated carbocycles. The van der Waals surface area contributed by atoms with Crippen molar-refractivity contribution in [3.63, 3.8) is 0 Å². The zero-order valence-electron chi connectivity index (χ0n) is 17.3. The number of anilines is 2. The van der Waals surface area contributed by atoms with E-state index < -0.39 is 5.54 Å². The first kappa shape index (κ1) is 23.4. The van der Waals surface area contributed by atoms with Gasteiger partial charge in [0.25, 0.3) is 17.7 Å². The Bertz CT molecular complexity index is 1060.